The minimum atomic E-state index is -0.694. The third kappa shape index (κ3) is 8.51. The van der Waals surface area contributed by atoms with E-state index in [0.29, 0.717) is 6.54 Å². The first kappa shape index (κ1) is 17.4. The van der Waals surface area contributed by atoms with Crippen LogP contribution in [0.1, 0.15) is 32.1 Å². The van der Waals surface area contributed by atoms with Crippen LogP contribution in [-0.4, -0.2) is 85.7 Å². The molecule has 0 radical (unpaired) electrons. The van der Waals surface area contributed by atoms with Gasteiger partial charge in [0, 0.05) is 19.6 Å². The van der Waals surface area contributed by atoms with Gasteiger partial charge in [0.1, 0.15) is 0 Å². The lowest BCUT2D eigenvalue weighted by Gasteiger charge is -2.30. The monoisotopic (exact) mass is 285 g/mol. The van der Waals surface area contributed by atoms with Crippen molar-refractivity contribution in [1.29, 1.82) is 0 Å². The Bertz CT molecular complexity index is 266. The van der Waals surface area contributed by atoms with Crippen molar-refractivity contribution >= 4 is 5.97 Å². The van der Waals surface area contributed by atoms with Crippen molar-refractivity contribution in [2.75, 3.05) is 59.9 Å². The van der Waals surface area contributed by atoms with Gasteiger partial charge in [-0.05, 0) is 59.5 Å². The number of rotatable bonds is 10. The van der Waals surface area contributed by atoms with Gasteiger partial charge in [0.05, 0.1) is 6.42 Å². The first-order chi connectivity index (χ1) is 9.58. The molecule has 0 amide bonds. The minimum absolute atomic E-state index is 0.252. The highest BCUT2D eigenvalue weighted by molar-refractivity contribution is 5.66. The summed E-state index contributed by atoms with van der Waals surface area (Å²) in [5, 5.41) is 8.85. The van der Waals surface area contributed by atoms with E-state index in [0.717, 1.165) is 32.6 Å². The molecule has 1 rings (SSSR count). The summed E-state index contributed by atoms with van der Waals surface area (Å²) in [5.74, 6) is -0.694. The van der Waals surface area contributed by atoms with Gasteiger partial charge >= 0.3 is 5.97 Å². The maximum Gasteiger partial charge on any atom is 0.304 e. The van der Waals surface area contributed by atoms with Crippen molar-refractivity contribution in [3.8, 4) is 0 Å². The van der Waals surface area contributed by atoms with Crippen LogP contribution in [0.5, 0.6) is 0 Å². The van der Waals surface area contributed by atoms with Crippen LogP contribution < -0.4 is 0 Å². The molecule has 0 saturated carbocycles. The van der Waals surface area contributed by atoms with Crippen molar-refractivity contribution in [3.63, 3.8) is 0 Å². The maximum absolute atomic E-state index is 10.7. The molecule has 0 aliphatic carbocycles. The molecule has 0 unspecified atom stereocenters. The van der Waals surface area contributed by atoms with Crippen LogP contribution in [0.2, 0.25) is 0 Å². The lowest BCUT2D eigenvalue weighted by atomic mass is 10.1. The van der Waals surface area contributed by atoms with Crippen molar-refractivity contribution in [2.24, 2.45) is 0 Å². The van der Waals surface area contributed by atoms with Crippen LogP contribution >= 0.6 is 0 Å². The highest BCUT2D eigenvalue weighted by Gasteiger charge is 2.13. The van der Waals surface area contributed by atoms with Crippen LogP contribution in [0.4, 0.5) is 0 Å². The fourth-order valence-corrected chi connectivity index (χ4v) is 2.67. The Morgan fingerprint density at radius 3 is 2.35 bits per heavy atom. The summed E-state index contributed by atoms with van der Waals surface area (Å²) in [6.07, 6.45) is 5.35. The highest BCUT2D eigenvalue weighted by atomic mass is 16.4. The molecule has 1 saturated heterocycles. The SMILES string of the molecule is CN(C)CCCN(CCC(=O)O)CCN1CCCCC1. The summed E-state index contributed by atoms with van der Waals surface area (Å²) in [7, 11) is 4.16. The predicted molar refractivity (Wildman–Crippen MR) is 82.2 cm³/mol. The molecular formula is C15H31N3O2. The largest absolute Gasteiger partial charge is 0.481 e. The normalized spacial score (nSPS) is 17.0. The fourth-order valence-electron chi connectivity index (χ4n) is 2.67. The van der Waals surface area contributed by atoms with Gasteiger partial charge in [0.2, 0.25) is 0 Å². The van der Waals surface area contributed by atoms with Gasteiger partial charge in [-0.2, -0.15) is 0 Å². The molecule has 5 nitrogen and oxygen atoms in total. The van der Waals surface area contributed by atoms with Crippen molar-refractivity contribution in [3.05, 3.63) is 0 Å². The fraction of sp³-hybridized carbons (Fsp3) is 0.933. The average Bonchev–Trinajstić information content (AvgIpc) is 2.42. The molecule has 0 bridgehead atoms. The first-order valence-electron chi connectivity index (χ1n) is 7.89. The van der Waals surface area contributed by atoms with Gasteiger partial charge in [-0.3, -0.25) is 4.79 Å². The second-order valence-electron chi connectivity index (χ2n) is 6.04. The number of carboxylic acid groups (broad SMARTS) is 1. The number of piperidine rings is 1. The van der Waals surface area contributed by atoms with Gasteiger partial charge in [-0.25, -0.2) is 0 Å². The van der Waals surface area contributed by atoms with Crippen molar-refractivity contribution < 1.29 is 9.90 Å². The summed E-state index contributed by atoms with van der Waals surface area (Å²) in [6, 6.07) is 0. The second-order valence-corrected chi connectivity index (χ2v) is 6.04. The third-order valence-corrected chi connectivity index (χ3v) is 3.90. The van der Waals surface area contributed by atoms with Crippen LogP contribution in [0.25, 0.3) is 0 Å². The van der Waals surface area contributed by atoms with E-state index in [2.05, 4.69) is 28.8 Å². The Hall–Kier alpha value is -0.650. The Labute approximate surface area is 123 Å². The number of carboxylic acids is 1. The van der Waals surface area contributed by atoms with Crippen LogP contribution in [0.3, 0.4) is 0 Å². The van der Waals surface area contributed by atoms with E-state index >= 15 is 0 Å². The zero-order valence-electron chi connectivity index (χ0n) is 13.2. The molecule has 0 aromatic carbocycles. The van der Waals surface area contributed by atoms with Crippen LogP contribution in [0, 0.1) is 0 Å². The van der Waals surface area contributed by atoms with Gasteiger partial charge < -0.3 is 19.8 Å². The minimum Gasteiger partial charge on any atom is -0.481 e. The van der Waals surface area contributed by atoms with Crippen molar-refractivity contribution in [2.45, 2.75) is 32.1 Å². The number of carbonyl (C=O) groups is 1. The topological polar surface area (TPSA) is 47.0 Å². The number of nitrogens with zero attached hydrogens (tertiary/aromatic N) is 3. The molecule has 1 N–H and O–H groups in total. The molecule has 1 aliphatic rings. The number of hydrogen-bond donors (Lipinski definition) is 1. The molecule has 118 valence electrons. The van der Waals surface area contributed by atoms with Crippen molar-refractivity contribution in [1.82, 2.24) is 14.7 Å². The number of aliphatic carboxylic acids is 1. The van der Waals surface area contributed by atoms with E-state index in [1.54, 1.807) is 0 Å². The molecule has 0 atom stereocenters. The highest BCUT2D eigenvalue weighted by Crippen LogP contribution is 2.08. The summed E-state index contributed by atoms with van der Waals surface area (Å²) < 4.78 is 0. The van der Waals surface area contributed by atoms with E-state index in [1.165, 1.54) is 32.4 Å². The summed E-state index contributed by atoms with van der Waals surface area (Å²) in [5.41, 5.74) is 0. The lowest BCUT2D eigenvalue weighted by molar-refractivity contribution is -0.137. The van der Waals surface area contributed by atoms with E-state index in [4.69, 9.17) is 5.11 Å². The maximum atomic E-state index is 10.7. The predicted octanol–water partition coefficient (Wildman–Crippen LogP) is 1.20. The van der Waals surface area contributed by atoms with E-state index in [9.17, 15) is 4.79 Å². The summed E-state index contributed by atoms with van der Waals surface area (Å²) in [6.45, 7) is 7.25. The smallest absolute Gasteiger partial charge is 0.304 e. The second kappa shape index (κ2) is 10.1. The molecule has 1 heterocycles. The van der Waals surface area contributed by atoms with Crippen LogP contribution in [0.15, 0.2) is 0 Å². The van der Waals surface area contributed by atoms with Gasteiger partial charge in [0.25, 0.3) is 0 Å². The molecule has 1 fully saturated rings. The third-order valence-electron chi connectivity index (χ3n) is 3.90. The van der Waals surface area contributed by atoms with E-state index in [-0.39, 0.29) is 6.42 Å². The Morgan fingerprint density at radius 2 is 1.75 bits per heavy atom. The standard InChI is InChI=1S/C15H31N3O2/c1-16(2)8-6-11-18(12-7-15(19)20)14-13-17-9-4-3-5-10-17/h3-14H2,1-2H3,(H,19,20). The quantitative estimate of drug-likeness (QED) is 0.653. The molecule has 0 aromatic heterocycles. The van der Waals surface area contributed by atoms with E-state index in [1.807, 2.05) is 0 Å². The van der Waals surface area contributed by atoms with Gasteiger partial charge in [0.15, 0.2) is 0 Å². The Morgan fingerprint density at radius 1 is 1.05 bits per heavy atom. The summed E-state index contributed by atoms with van der Waals surface area (Å²) >= 11 is 0. The Kier molecular flexibility index (Phi) is 8.82. The molecule has 0 aromatic rings. The summed E-state index contributed by atoms with van der Waals surface area (Å²) in [4.78, 5) is 17.8. The zero-order chi connectivity index (χ0) is 14.8. The number of hydrogen-bond acceptors (Lipinski definition) is 4. The molecular weight excluding hydrogens is 254 g/mol. The first-order valence-corrected chi connectivity index (χ1v) is 7.89. The Balaban J connectivity index is 2.25. The van der Waals surface area contributed by atoms with Gasteiger partial charge in [-0.15, -0.1) is 0 Å². The lowest BCUT2D eigenvalue weighted by Crippen LogP contribution is -2.39. The van der Waals surface area contributed by atoms with Crippen LogP contribution in [-0.2, 0) is 4.79 Å². The average molecular weight is 285 g/mol. The molecule has 1 aliphatic heterocycles. The number of likely N-dealkylation sites (tertiary alicyclic amines) is 1. The molecule has 20 heavy (non-hydrogen) atoms. The molecule has 0 spiro atoms. The van der Waals surface area contributed by atoms with Gasteiger partial charge in [-0.1, -0.05) is 6.42 Å². The zero-order valence-corrected chi connectivity index (χ0v) is 13.2. The van der Waals surface area contributed by atoms with E-state index < -0.39 is 5.97 Å². The molecule has 5 heteroatoms.